The minimum Gasteiger partial charge on any atom is -0.381 e. The van der Waals surface area contributed by atoms with E-state index in [0.717, 1.165) is 24.6 Å². The van der Waals surface area contributed by atoms with E-state index in [9.17, 15) is 31.5 Å². The lowest BCUT2D eigenvalue weighted by molar-refractivity contribution is -0.138. The van der Waals surface area contributed by atoms with Crippen molar-refractivity contribution in [3.63, 3.8) is 0 Å². The summed E-state index contributed by atoms with van der Waals surface area (Å²) in [5, 5.41) is 10.1. The number of alkyl halides is 5. The molecule has 2 fully saturated rings. The van der Waals surface area contributed by atoms with Crippen molar-refractivity contribution in [1.82, 2.24) is 25.5 Å². The van der Waals surface area contributed by atoms with Crippen LogP contribution in [0.2, 0.25) is 0 Å². The highest BCUT2D eigenvalue weighted by Crippen LogP contribution is 2.39. The molecule has 1 unspecified atom stereocenters. The maximum absolute atomic E-state index is 14.8. The Labute approximate surface area is 220 Å². The number of H-pyrrole nitrogens is 1. The maximum Gasteiger partial charge on any atom is 0.423 e. The molecule has 0 aromatic carbocycles. The van der Waals surface area contributed by atoms with Crippen LogP contribution in [0.4, 0.5) is 33.6 Å². The Bertz CT molecular complexity index is 1190. The van der Waals surface area contributed by atoms with Crippen LogP contribution in [0.1, 0.15) is 56.1 Å². The Balaban J connectivity index is 1.16. The SMILES string of the molecule is C[C@@H](CCOCCC(=O)NC1CCN(c2ncc(C3CC3)cn2)CC1(F)F)Nc1cn[nH]c(=O)c1C(F)(F)F. The molecule has 3 heterocycles. The summed E-state index contributed by atoms with van der Waals surface area (Å²) in [6, 6.07) is -1.84. The third kappa shape index (κ3) is 7.61. The van der Waals surface area contributed by atoms with E-state index in [2.05, 4.69) is 25.7 Å². The zero-order valence-electron chi connectivity index (χ0n) is 21.2. The first-order valence-corrected chi connectivity index (χ1v) is 12.7. The molecule has 1 amide bonds. The summed E-state index contributed by atoms with van der Waals surface area (Å²) in [7, 11) is 0. The van der Waals surface area contributed by atoms with Crippen molar-refractivity contribution < 1.29 is 31.5 Å². The number of anilines is 2. The van der Waals surface area contributed by atoms with Crippen molar-refractivity contribution >= 4 is 17.5 Å². The standard InChI is InChI=1S/C24H30F5N7O3/c1-14(33-17-12-32-35-21(38)20(17)24(27,28)29)5-8-39-9-6-19(37)34-18-4-7-36(13-23(18,25)26)22-30-10-16(11-31-22)15-2-3-15/h10-12,14-15,18H,2-9,13H2,1H3,(H,34,37)(H2,33,35,38)/t14-,18?/m0/s1. The van der Waals surface area contributed by atoms with Crippen molar-refractivity contribution in [1.29, 1.82) is 0 Å². The second-order valence-electron chi connectivity index (χ2n) is 9.86. The Kier molecular flexibility index (Phi) is 8.67. The van der Waals surface area contributed by atoms with Gasteiger partial charge in [0.25, 0.3) is 11.5 Å². The molecule has 39 heavy (non-hydrogen) atoms. The van der Waals surface area contributed by atoms with Crippen molar-refractivity contribution in [3.05, 3.63) is 40.1 Å². The number of aromatic nitrogens is 4. The summed E-state index contributed by atoms with van der Waals surface area (Å²) < 4.78 is 74.3. The van der Waals surface area contributed by atoms with Crippen LogP contribution >= 0.6 is 0 Å². The fourth-order valence-corrected chi connectivity index (χ4v) is 4.33. The summed E-state index contributed by atoms with van der Waals surface area (Å²) in [5.74, 6) is -3.06. The molecule has 214 valence electrons. The molecule has 2 aliphatic rings. The van der Waals surface area contributed by atoms with Gasteiger partial charge in [-0.2, -0.15) is 18.3 Å². The van der Waals surface area contributed by atoms with Gasteiger partial charge in [0, 0.05) is 38.0 Å². The summed E-state index contributed by atoms with van der Waals surface area (Å²) >= 11 is 0. The molecule has 2 aromatic rings. The molecule has 2 atom stereocenters. The molecule has 3 N–H and O–H groups in total. The predicted molar refractivity (Wildman–Crippen MR) is 131 cm³/mol. The second kappa shape index (κ2) is 11.8. The van der Waals surface area contributed by atoms with Gasteiger partial charge >= 0.3 is 6.18 Å². The molecule has 10 nitrogen and oxygen atoms in total. The van der Waals surface area contributed by atoms with Crippen LogP contribution in [0.3, 0.4) is 0 Å². The van der Waals surface area contributed by atoms with E-state index in [1.54, 1.807) is 24.4 Å². The summed E-state index contributed by atoms with van der Waals surface area (Å²) in [4.78, 5) is 33.6. The number of hydrogen-bond donors (Lipinski definition) is 3. The van der Waals surface area contributed by atoms with Gasteiger partial charge in [-0.3, -0.25) is 9.59 Å². The average Bonchev–Trinajstić information content (AvgIpc) is 3.70. The van der Waals surface area contributed by atoms with Gasteiger partial charge in [-0.25, -0.2) is 23.8 Å². The van der Waals surface area contributed by atoms with Crippen molar-refractivity contribution in [2.45, 2.75) is 69.1 Å². The largest absolute Gasteiger partial charge is 0.423 e. The second-order valence-corrected chi connectivity index (χ2v) is 9.86. The quantitative estimate of drug-likeness (QED) is 0.284. The normalized spacial score (nSPS) is 19.9. The van der Waals surface area contributed by atoms with E-state index < -0.39 is 53.4 Å². The molecule has 1 aliphatic carbocycles. The zero-order valence-corrected chi connectivity index (χ0v) is 21.2. The summed E-state index contributed by atoms with van der Waals surface area (Å²) in [5.41, 5.74) is -2.16. The molecule has 1 saturated heterocycles. The van der Waals surface area contributed by atoms with E-state index in [-0.39, 0.29) is 45.0 Å². The van der Waals surface area contributed by atoms with E-state index in [1.165, 1.54) is 4.90 Å². The van der Waals surface area contributed by atoms with Crippen LogP contribution in [0.5, 0.6) is 0 Å². The smallest absolute Gasteiger partial charge is 0.381 e. The zero-order chi connectivity index (χ0) is 28.2. The Hall–Kier alpha value is -3.36. The van der Waals surface area contributed by atoms with Gasteiger partial charge in [0.15, 0.2) is 0 Å². The highest BCUT2D eigenvalue weighted by atomic mass is 19.4. The molecule has 1 aliphatic heterocycles. The fraction of sp³-hybridized carbons (Fsp3) is 0.625. The van der Waals surface area contributed by atoms with Gasteiger partial charge in [-0.15, -0.1) is 0 Å². The van der Waals surface area contributed by atoms with Gasteiger partial charge in [0.05, 0.1) is 31.1 Å². The van der Waals surface area contributed by atoms with Crippen LogP contribution in [0, 0.1) is 0 Å². The molecule has 1 saturated carbocycles. The van der Waals surface area contributed by atoms with E-state index in [0.29, 0.717) is 5.92 Å². The third-order valence-corrected chi connectivity index (χ3v) is 6.63. The number of carbonyl (C=O) groups is 1. The number of carbonyl (C=O) groups excluding carboxylic acids is 1. The number of ether oxygens (including phenoxy) is 1. The minimum absolute atomic E-state index is 0.0214. The number of amides is 1. The highest BCUT2D eigenvalue weighted by molar-refractivity contribution is 5.76. The van der Waals surface area contributed by atoms with Crippen LogP contribution in [-0.2, 0) is 15.7 Å². The van der Waals surface area contributed by atoms with E-state index in [1.807, 2.05) is 0 Å². The lowest BCUT2D eigenvalue weighted by atomic mass is 10.0. The van der Waals surface area contributed by atoms with Gasteiger partial charge in [-0.1, -0.05) is 0 Å². The molecular formula is C24H30F5N7O3. The lowest BCUT2D eigenvalue weighted by Crippen LogP contribution is -2.58. The van der Waals surface area contributed by atoms with Gasteiger partial charge in [0.1, 0.15) is 5.56 Å². The van der Waals surface area contributed by atoms with Crippen molar-refractivity contribution in [2.75, 3.05) is 36.5 Å². The molecule has 2 aromatic heterocycles. The molecule has 4 rings (SSSR count). The number of aromatic amines is 1. The van der Waals surface area contributed by atoms with Gasteiger partial charge < -0.3 is 20.3 Å². The number of piperidine rings is 1. The molecular weight excluding hydrogens is 529 g/mol. The first-order chi connectivity index (χ1) is 18.4. The van der Waals surface area contributed by atoms with Crippen molar-refractivity contribution in [3.8, 4) is 0 Å². The maximum atomic E-state index is 14.8. The topological polar surface area (TPSA) is 125 Å². The highest BCUT2D eigenvalue weighted by Gasteiger charge is 2.46. The number of rotatable bonds is 11. The van der Waals surface area contributed by atoms with Gasteiger partial charge in [0.2, 0.25) is 11.9 Å². The first-order valence-electron chi connectivity index (χ1n) is 12.7. The van der Waals surface area contributed by atoms with Crippen LogP contribution in [0.15, 0.2) is 23.4 Å². The van der Waals surface area contributed by atoms with Crippen LogP contribution in [-0.4, -0.2) is 70.4 Å². The Morgan fingerprint density at radius 3 is 2.56 bits per heavy atom. The monoisotopic (exact) mass is 559 g/mol. The fourth-order valence-electron chi connectivity index (χ4n) is 4.33. The molecule has 0 radical (unpaired) electrons. The van der Waals surface area contributed by atoms with Crippen molar-refractivity contribution in [2.24, 2.45) is 0 Å². The minimum atomic E-state index is -4.86. The van der Waals surface area contributed by atoms with Crippen LogP contribution in [0.25, 0.3) is 0 Å². The van der Waals surface area contributed by atoms with E-state index >= 15 is 0 Å². The van der Waals surface area contributed by atoms with Crippen LogP contribution < -0.4 is 21.1 Å². The first kappa shape index (κ1) is 28.6. The third-order valence-electron chi connectivity index (χ3n) is 6.63. The molecule has 15 heteroatoms. The Morgan fingerprint density at radius 1 is 1.21 bits per heavy atom. The predicted octanol–water partition coefficient (Wildman–Crippen LogP) is 3.08. The van der Waals surface area contributed by atoms with E-state index in [4.69, 9.17) is 4.74 Å². The number of halogens is 5. The average molecular weight is 560 g/mol. The molecule has 0 bridgehead atoms. The van der Waals surface area contributed by atoms with Gasteiger partial charge in [-0.05, 0) is 44.1 Å². The number of nitrogens with zero attached hydrogens (tertiary/aromatic N) is 4. The number of hydrogen-bond acceptors (Lipinski definition) is 8. The molecule has 0 spiro atoms. The summed E-state index contributed by atoms with van der Waals surface area (Å²) in [6.45, 7) is 1.29. The lowest BCUT2D eigenvalue weighted by Gasteiger charge is -2.38. The number of nitrogens with one attached hydrogen (secondary N) is 3. The Morgan fingerprint density at radius 2 is 1.92 bits per heavy atom. The summed E-state index contributed by atoms with van der Waals surface area (Å²) in [6.07, 6.45) is 1.70.